The van der Waals surface area contributed by atoms with Crippen LogP contribution in [-0.2, 0) is 6.54 Å². The van der Waals surface area contributed by atoms with E-state index in [1.807, 2.05) is 0 Å². The molecule has 2 fully saturated rings. The summed E-state index contributed by atoms with van der Waals surface area (Å²) in [4.78, 5) is 2.58. The van der Waals surface area contributed by atoms with E-state index < -0.39 is 0 Å². The molecule has 1 aromatic carbocycles. The molecule has 106 valence electrons. The first-order valence-electron chi connectivity index (χ1n) is 7.36. The number of hydrogen-bond donors (Lipinski definition) is 1. The number of likely N-dealkylation sites (tertiary alicyclic amines) is 1. The molecule has 0 amide bonds. The second kappa shape index (κ2) is 6.74. The maximum Gasteiger partial charge on any atom is 0.0233 e. The summed E-state index contributed by atoms with van der Waals surface area (Å²) in [6.07, 6.45) is 5.41. The first kappa shape index (κ1) is 14.8. The van der Waals surface area contributed by atoms with Gasteiger partial charge in [0.1, 0.15) is 0 Å². The van der Waals surface area contributed by atoms with Gasteiger partial charge in [0.25, 0.3) is 0 Å². The van der Waals surface area contributed by atoms with Gasteiger partial charge in [-0.1, -0.05) is 24.3 Å². The van der Waals surface area contributed by atoms with E-state index in [4.69, 9.17) is 5.73 Å². The molecule has 3 rings (SSSR count). The molecule has 2 aliphatic rings. The molecule has 3 heteroatoms. The molecule has 1 unspecified atom stereocenters. The third-order valence-corrected chi connectivity index (χ3v) is 4.34. The monoisotopic (exact) mass is 280 g/mol. The van der Waals surface area contributed by atoms with Crippen molar-refractivity contribution in [1.82, 2.24) is 4.90 Å². The maximum atomic E-state index is 5.80. The molecule has 19 heavy (non-hydrogen) atoms. The Kier molecular flexibility index (Phi) is 5.26. The Labute approximate surface area is 122 Å². The van der Waals surface area contributed by atoms with Gasteiger partial charge in [-0.25, -0.2) is 0 Å². The number of benzene rings is 1. The minimum Gasteiger partial charge on any atom is -0.330 e. The lowest BCUT2D eigenvalue weighted by atomic mass is 9.97. The van der Waals surface area contributed by atoms with Gasteiger partial charge in [-0.3, -0.25) is 4.90 Å². The fraction of sp³-hybridized carbons (Fsp3) is 0.625. The topological polar surface area (TPSA) is 29.3 Å². The Hall–Kier alpha value is -0.570. The van der Waals surface area contributed by atoms with Gasteiger partial charge in [-0.2, -0.15) is 0 Å². The fourth-order valence-electron chi connectivity index (χ4n) is 3.11. The predicted octanol–water partition coefficient (Wildman–Crippen LogP) is 3.16. The molecule has 1 aliphatic carbocycles. The highest BCUT2D eigenvalue weighted by molar-refractivity contribution is 5.85. The summed E-state index contributed by atoms with van der Waals surface area (Å²) in [5.74, 6) is 1.58. The van der Waals surface area contributed by atoms with Crippen LogP contribution in [0.4, 0.5) is 0 Å². The quantitative estimate of drug-likeness (QED) is 0.918. The molecule has 0 radical (unpaired) electrons. The molecule has 1 saturated carbocycles. The number of rotatable bonds is 4. The second-order valence-corrected chi connectivity index (χ2v) is 6.00. The molecule has 1 atom stereocenters. The summed E-state index contributed by atoms with van der Waals surface area (Å²) < 4.78 is 0. The zero-order chi connectivity index (χ0) is 12.4. The van der Waals surface area contributed by atoms with Crippen LogP contribution in [0.25, 0.3) is 0 Å². The number of nitrogens with zero attached hydrogens (tertiary/aromatic N) is 1. The van der Waals surface area contributed by atoms with Crippen LogP contribution in [-0.4, -0.2) is 24.5 Å². The highest BCUT2D eigenvalue weighted by atomic mass is 35.5. The lowest BCUT2D eigenvalue weighted by Crippen LogP contribution is -2.37. The molecule has 1 heterocycles. The van der Waals surface area contributed by atoms with Crippen LogP contribution in [0.2, 0.25) is 0 Å². The van der Waals surface area contributed by atoms with Gasteiger partial charge >= 0.3 is 0 Å². The van der Waals surface area contributed by atoms with Crippen molar-refractivity contribution in [2.45, 2.75) is 38.1 Å². The third-order valence-electron chi connectivity index (χ3n) is 4.34. The summed E-state index contributed by atoms with van der Waals surface area (Å²) >= 11 is 0. The molecule has 0 spiro atoms. The highest BCUT2D eigenvalue weighted by Crippen LogP contribution is 2.40. The maximum absolute atomic E-state index is 5.80. The van der Waals surface area contributed by atoms with E-state index in [1.165, 1.54) is 44.3 Å². The van der Waals surface area contributed by atoms with Crippen molar-refractivity contribution in [2.75, 3.05) is 19.6 Å². The summed E-state index contributed by atoms with van der Waals surface area (Å²) in [5.41, 5.74) is 8.84. The van der Waals surface area contributed by atoms with Crippen molar-refractivity contribution in [3.63, 3.8) is 0 Å². The molecular weight excluding hydrogens is 256 g/mol. The SMILES string of the molecule is Cl.NCC1CCCN(Cc2cccc(C3CC3)c2)C1. The third kappa shape index (κ3) is 3.95. The van der Waals surface area contributed by atoms with Gasteiger partial charge in [0.05, 0.1) is 0 Å². The van der Waals surface area contributed by atoms with E-state index in [-0.39, 0.29) is 12.4 Å². The fourth-order valence-corrected chi connectivity index (χ4v) is 3.11. The Morgan fingerprint density at radius 2 is 2.05 bits per heavy atom. The minimum atomic E-state index is 0. The van der Waals surface area contributed by atoms with E-state index >= 15 is 0 Å². The van der Waals surface area contributed by atoms with Gasteiger partial charge in [0.15, 0.2) is 0 Å². The molecule has 0 bridgehead atoms. The number of piperidine rings is 1. The van der Waals surface area contributed by atoms with Gasteiger partial charge in [0.2, 0.25) is 0 Å². The average Bonchev–Trinajstić information content (AvgIpc) is 3.24. The van der Waals surface area contributed by atoms with Crippen LogP contribution in [0.5, 0.6) is 0 Å². The summed E-state index contributed by atoms with van der Waals surface area (Å²) in [6.45, 7) is 4.38. The van der Waals surface area contributed by atoms with Crippen molar-refractivity contribution < 1.29 is 0 Å². The van der Waals surface area contributed by atoms with Crippen LogP contribution in [0.3, 0.4) is 0 Å². The lowest BCUT2D eigenvalue weighted by Gasteiger charge is -2.32. The predicted molar refractivity (Wildman–Crippen MR) is 82.7 cm³/mol. The van der Waals surface area contributed by atoms with Crippen molar-refractivity contribution in [2.24, 2.45) is 11.7 Å². The van der Waals surface area contributed by atoms with E-state index in [0.717, 1.165) is 19.0 Å². The van der Waals surface area contributed by atoms with Crippen molar-refractivity contribution in [1.29, 1.82) is 0 Å². The van der Waals surface area contributed by atoms with Crippen LogP contribution in [0.15, 0.2) is 24.3 Å². The summed E-state index contributed by atoms with van der Waals surface area (Å²) in [5, 5.41) is 0. The Bertz CT molecular complexity index is 403. The molecule has 1 aliphatic heterocycles. The van der Waals surface area contributed by atoms with Crippen molar-refractivity contribution in [3.8, 4) is 0 Å². The van der Waals surface area contributed by atoms with Crippen molar-refractivity contribution >= 4 is 12.4 Å². The van der Waals surface area contributed by atoms with E-state index in [1.54, 1.807) is 5.56 Å². The minimum absolute atomic E-state index is 0. The molecule has 0 aromatic heterocycles. The molecular formula is C16H25ClN2. The highest BCUT2D eigenvalue weighted by Gasteiger charge is 2.24. The zero-order valence-corrected chi connectivity index (χ0v) is 12.4. The smallest absolute Gasteiger partial charge is 0.0233 e. The van der Waals surface area contributed by atoms with Crippen LogP contribution < -0.4 is 5.73 Å². The molecule has 2 nitrogen and oxygen atoms in total. The summed E-state index contributed by atoms with van der Waals surface area (Å²) in [6, 6.07) is 9.22. The number of nitrogens with two attached hydrogens (primary N) is 1. The average molecular weight is 281 g/mol. The number of halogens is 1. The van der Waals surface area contributed by atoms with Gasteiger partial charge in [0, 0.05) is 13.1 Å². The van der Waals surface area contributed by atoms with Gasteiger partial charge in [-0.05, 0) is 61.7 Å². The largest absolute Gasteiger partial charge is 0.330 e. The van der Waals surface area contributed by atoms with Crippen molar-refractivity contribution in [3.05, 3.63) is 35.4 Å². The normalized spacial score (nSPS) is 23.9. The Morgan fingerprint density at radius 3 is 2.79 bits per heavy atom. The first-order valence-corrected chi connectivity index (χ1v) is 7.36. The van der Waals surface area contributed by atoms with Crippen LogP contribution in [0.1, 0.15) is 42.7 Å². The number of hydrogen-bond acceptors (Lipinski definition) is 2. The Morgan fingerprint density at radius 1 is 1.21 bits per heavy atom. The Balaban J connectivity index is 0.00000133. The van der Waals surface area contributed by atoms with Gasteiger partial charge in [-0.15, -0.1) is 12.4 Å². The van der Waals surface area contributed by atoms with Crippen LogP contribution >= 0.6 is 12.4 Å². The molecule has 2 N–H and O–H groups in total. The first-order chi connectivity index (χ1) is 8.85. The van der Waals surface area contributed by atoms with E-state index in [0.29, 0.717) is 5.92 Å². The molecule has 1 saturated heterocycles. The van der Waals surface area contributed by atoms with E-state index in [2.05, 4.69) is 29.2 Å². The standard InChI is InChI=1S/C16H24N2.ClH/c17-10-14-4-2-8-18(12-14)11-13-3-1-5-16(9-13)15-6-7-15;/h1,3,5,9,14-15H,2,4,6-8,10-12,17H2;1H. The second-order valence-electron chi connectivity index (χ2n) is 6.00. The molecule has 1 aromatic rings. The van der Waals surface area contributed by atoms with Gasteiger partial charge < -0.3 is 5.73 Å². The summed E-state index contributed by atoms with van der Waals surface area (Å²) in [7, 11) is 0. The lowest BCUT2D eigenvalue weighted by molar-refractivity contribution is 0.171. The zero-order valence-electron chi connectivity index (χ0n) is 11.6. The van der Waals surface area contributed by atoms with E-state index in [9.17, 15) is 0 Å². The van der Waals surface area contributed by atoms with Crippen LogP contribution in [0, 0.1) is 5.92 Å².